The molecular weight excluding hydrogens is 422 g/mol. The van der Waals surface area contributed by atoms with Crippen LogP contribution in [-0.4, -0.2) is 25.9 Å². The van der Waals surface area contributed by atoms with Crippen LogP contribution in [0.5, 0.6) is 10.9 Å². The normalized spacial score (nSPS) is 11.2. The maximum atomic E-state index is 12.2. The highest BCUT2D eigenvalue weighted by Crippen LogP contribution is 2.23. The quantitative estimate of drug-likeness (QED) is 0.564. The predicted molar refractivity (Wildman–Crippen MR) is 107 cm³/mol. The minimum absolute atomic E-state index is 0.00335. The Balaban J connectivity index is 1.47. The molecule has 3 rings (SSSR count). The molecule has 0 spiro atoms. The summed E-state index contributed by atoms with van der Waals surface area (Å²) in [5.74, 6) is 0.188. The van der Waals surface area contributed by atoms with Crippen LogP contribution in [0.25, 0.3) is 0 Å². The van der Waals surface area contributed by atoms with Crippen molar-refractivity contribution in [2.45, 2.75) is 11.4 Å². The first-order chi connectivity index (χ1) is 13.4. The summed E-state index contributed by atoms with van der Waals surface area (Å²) in [5, 5.41) is 5.33. The molecule has 1 heterocycles. The van der Waals surface area contributed by atoms with Gasteiger partial charge in [-0.15, -0.1) is 0 Å². The molecule has 0 aliphatic rings. The second-order valence-corrected chi connectivity index (χ2v) is 8.66. The molecule has 1 amide bonds. The number of benzene rings is 2. The standard InChI is InChI=1S/C18H16ClN3O4S2/c19-14-2-1-3-16(10-14)28(24,25)22-12-17(23)21-11-13-4-6-15(7-5-13)26-18-20-8-9-27-18/h1-10,22H,11-12H2,(H,21,23). The van der Waals surface area contributed by atoms with Crippen LogP contribution in [-0.2, 0) is 21.4 Å². The Morgan fingerprint density at radius 2 is 1.96 bits per heavy atom. The second kappa shape index (κ2) is 9.16. The number of aromatic nitrogens is 1. The van der Waals surface area contributed by atoms with E-state index in [2.05, 4.69) is 15.0 Å². The van der Waals surface area contributed by atoms with E-state index in [4.69, 9.17) is 16.3 Å². The molecule has 0 fully saturated rings. The average molecular weight is 438 g/mol. The van der Waals surface area contributed by atoms with Crippen molar-refractivity contribution in [2.75, 3.05) is 6.54 Å². The fourth-order valence-corrected chi connectivity index (χ4v) is 3.96. The van der Waals surface area contributed by atoms with Gasteiger partial charge in [0.15, 0.2) is 0 Å². The van der Waals surface area contributed by atoms with Crippen molar-refractivity contribution in [3.63, 3.8) is 0 Å². The number of rotatable bonds is 8. The highest BCUT2D eigenvalue weighted by Gasteiger charge is 2.15. The summed E-state index contributed by atoms with van der Waals surface area (Å²) in [4.78, 5) is 16.0. The lowest BCUT2D eigenvalue weighted by molar-refractivity contribution is -0.120. The Bertz CT molecular complexity index is 1040. The van der Waals surface area contributed by atoms with Gasteiger partial charge in [0, 0.05) is 23.1 Å². The summed E-state index contributed by atoms with van der Waals surface area (Å²) >= 11 is 7.19. The van der Waals surface area contributed by atoms with E-state index < -0.39 is 15.9 Å². The molecule has 10 heteroatoms. The van der Waals surface area contributed by atoms with E-state index in [1.54, 1.807) is 36.5 Å². The zero-order valence-electron chi connectivity index (χ0n) is 14.5. The SMILES string of the molecule is O=C(CNS(=O)(=O)c1cccc(Cl)c1)NCc1ccc(Oc2nccs2)cc1. The number of ether oxygens (including phenoxy) is 1. The van der Waals surface area contributed by atoms with Gasteiger partial charge in [0.2, 0.25) is 15.9 Å². The molecule has 28 heavy (non-hydrogen) atoms. The largest absolute Gasteiger partial charge is 0.431 e. The number of hydrogen-bond donors (Lipinski definition) is 2. The number of nitrogens with one attached hydrogen (secondary N) is 2. The Kier molecular flexibility index (Phi) is 6.63. The monoisotopic (exact) mass is 437 g/mol. The molecule has 146 valence electrons. The van der Waals surface area contributed by atoms with Crippen LogP contribution in [0.2, 0.25) is 5.02 Å². The Hall–Kier alpha value is -2.46. The number of halogens is 1. The van der Waals surface area contributed by atoms with Gasteiger partial charge in [-0.1, -0.05) is 41.1 Å². The topological polar surface area (TPSA) is 97.4 Å². The molecule has 0 bridgehead atoms. The summed E-state index contributed by atoms with van der Waals surface area (Å²) in [6.45, 7) is -0.116. The molecule has 0 radical (unpaired) electrons. The Morgan fingerprint density at radius 3 is 2.64 bits per heavy atom. The highest BCUT2D eigenvalue weighted by molar-refractivity contribution is 7.89. The predicted octanol–water partition coefficient (Wildman–Crippen LogP) is 3.18. The molecule has 1 aromatic heterocycles. The zero-order valence-corrected chi connectivity index (χ0v) is 16.9. The van der Waals surface area contributed by atoms with Gasteiger partial charge in [-0.25, -0.2) is 18.1 Å². The van der Waals surface area contributed by atoms with Crippen LogP contribution in [0.1, 0.15) is 5.56 Å². The average Bonchev–Trinajstić information content (AvgIpc) is 3.19. The van der Waals surface area contributed by atoms with E-state index in [9.17, 15) is 13.2 Å². The molecule has 2 aromatic carbocycles. The van der Waals surface area contributed by atoms with Gasteiger partial charge in [0.05, 0.1) is 11.4 Å². The number of nitrogens with zero attached hydrogens (tertiary/aromatic N) is 1. The maximum absolute atomic E-state index is 12.2. The fourth-order valence-electron chi connectivity index (χ4n) is 2.18. The van der Waals surface area contributed by atoms with Crippen molar-refractivity contribution < 1.29 is 17.9 Å². The zero-order chi connectivity index (χ0) is 20.0. The van der Waals surface area contributed by atoms with E-state index in [1.165, 1.54) is 29.5 Å². The van der Waals surface area contributed by atoms with Gasteiger partial charge in [0.25, 0.3) is 5.19 Å². The number of thiazole rings is 1. The third kappa shape index (κ3) is 5.77. The minimum Gasteiger partial charge on any atom is -0.431 e. The molecule has 0 saturated carbocycles. The fraction of sp³-hybridized carbons (Fsp3) is 0.111. The Morgan fingerprint density at radius 1 is 1.18 bits per heavy atom. The first-order valence-corrected chi connectivity index (χ1v) is 10.8. The molecule has 0 saturated heterocycles. The van der Waals surface area contributed by atoms with E-state index in [0.717, 1.165) is 5.56 Å². The maximum Gasteiger partial charge on any atom is 0.278 e. The van der Waals surface area contributed by atoms with Crippen LogP contribution in [0.4, 0.5) is 0 Å². The summed E-state index contributed by atoms with van der Waals surface area (Å²) in [6.07, 6.45) is 1.66. The number of carbonyl (C=O) groups excluding carboxylic acids is 1. The van der Waals surface area contributed by atoms with E-state index in [-0.39, 0.29) is 18.0 Å². The van der Waals surface area contributed by atoms with Crippen LogP contribution in [0, 0.1) is 0 Å². The summed E-state index contributed by atoms with van der Waals surface area (Å²) < 4.78 is 32.1. The molecule has 0 atom stereocenters. The highest BCUT2D eigenvalue weighted by atomic mass is 35.5. The van der Waals surface area contributed by atoms with Crippen molar-refractivity contribution in [2.24, 2.45) is 0 Å². The van der Waals surface area contributed by atoms with Crippen molar-refractivity contribution in [1.82, 2.24) is 15.0 Å². The molecule has 0 aliphatic heterocycles. The first kappa shape index (κ1) is 20.3. The van der Waals surface area contributed by atoms with Crippen molar-refractivity contribution in [3.05, 3.63) is 70.7 Å². The number of sulfonamides is 1. The summed E-state index contributed by atoms with van der Waals surface area (Å²) in [5.41, 5.74) is 0.845. The van der Waals surface area contributed by atoms with Gasteiger partial charge in [-0.3, -0.25) is 4.79 Å². The van der Waals surface area contributed by atoms with Gasteiger partial charge < -0.3 is 10.1 Å². The number of amides is 1. The molecule has 3 aromatic rings. The molecule has 2 N–H and O–H groups in total. The summed E-state index contributed by atoms with van der Waals surface area (Å²) in [6, 6.07) is 13.0. The smallest absolute Gasteiger partial charge is 0.278 e. The van der Waals surface area contributed by atoms with Crippen LogP contribution < -0.4 is 14.8 Å². The lowest BCUT2D eigenvalue weighted by atomic mass is 10.2. The number of carbonyl (C=O) groups is 1. The van der Waals surface area contributed by atoms with Crippen molar-refractivity contribution in [1.29, 1.82) is 0 Å². The van der Waals surface area contributed by atoms with Crippen molar-refractivity contribution in [3.8, 4) is 10.9 Å². The van der Waals surface area contributed by atoms with Crippen molar-refractivity contribution >= 4 is 38.9 Å². The van der Waals surface area contributed by atoms with Gasteiger partial charge in [-0.05, 0) is 35.9 Å². The second-order valence-electron chi connectivity index (χ2n) is 5.60. The van der Waals surface area contributed by atoms with E-state index >= 15 is 0 Å². The van der Waals surface area contributed by atoms with Crippen LogP contribution in [0.15, 0.2) is 65.0 Å². The van der Waals surface area contributed by atoms with Gasteiger partial charge in [0.1, 0.15) is 5.75 Å². The first-order valence-electron chi connectivity index (χ1n) is 8.10. The van der Waals surface area contributed by atoms with E-state index in [0.29, 0.717) is 16.0 Å². The molecule has 7 nitrogen and oxygen atoms in total. The molecule has 0 aliphatic carbocycles. The molecule has 0 unspecified atom stereocenters. The Labute approximate surface area is 171 Å². The van der Waals surface area contributed by atoms with Gasteiger partial charge in [-0.2, -0.15) is 0 Å². The minimum atomic E-state index is -3.81. The van der Waals surface area contributed by atoms with Crippen LogP contribution >= 0.6 is 22.9 Å². The third-order valence-corrected chi connectivity index (χ3v) is 5.84. The molecular formula is C18H16ClN3O4S2. The lowest BCUT2D eigenvalue weighted by Gasteiger charge is -2.09. The van der Waals surface area contributed by atoms with Gasteiger partial charge >= 0.3 is 0 Å². The van der Waals surface area contributed by atoms with E-state index in [1.807, 2.05) is 5.38 Å². The number of hydrogen-bond acceptors (Lipinski definition) is 6. The third-order valence-electron chi connectivity index (χ3n) is 3.56. The van der Waals surface area contributed by atoms with Crippen LogP contribution in [0.3, 0.4) is 0 Å². The lowest BCUT2D eigenvalue weighted by Crippen LogP contribution is -2.36. The summed E-state index contributed by atoms with van der Waals surface area (Å²) in [7, 11) is -3.81.